The van der Waals surface area contributed by atoms with Gasteiger partial charge in [0.15, 0.2) is 17.6 Å². The molecule has 0 aromatic heterocycles. The fourth-order valence-corrected chi connectivity index (χ4v) is 2.52. The molecule has 0 saturated carbocycles. The van der Waals surface area contributed by atoms with Gasteiger partial charge in [-0.15, -0.1) is 0 Å². The molecule has 5 heteroatoms. The first-order valence-electron chi connectivity index (χ1n) is 8.83. The number of para-hydroxylation sites is 2. The molecule has 1 amide bonds. The molecule has 0 heterocycles. The number of amides is 1. The number of methoxy groups -OCH3 is 1. The summed E-state index contributed by atoms with van der Waals surface area (Å²) >= 11 is 0. The third kappa shape index (κ3) is 5.15. The van der Waals surface area contributed by atoms with E-state index in [1.54, 1.807) is 19.2 Å². The van der Waals surface area contributed by atoms with Gasteiger partial charge in [0, 0.05) is 0 Å². The van der Waals surface area contributed by atoms with Gasteiger partial charge in [-0.1, -0.05) is 31.2 Å². The summed E-state index contributed by atoms with van der Waals surface area (Å²) in [6.45, 7) is 6.80. The summed E-state index contributed by atoms with van der Waals surface area (Å²) in [5, 5.41) is 2.87. The number of hydrogen-bond acceptors (Lipinski definition) is 4. The SMILES string of the molecule is CC[C@H](Oc1ccccc1OC)C(=O)NCCOc1cccc(C)c1C. The van der Waals surface area contributed by atoms with Crippen molar-refractivity contribution in [3.8, 4) is 17.2 Å². The second-order valence-corrected chi connectivity index (χ2v) is 6.00. The lowest BCUT2D eigenvalue weighted by Crippen LogP contribution is -2.39. The topological polar surface area (TPSA) is 56.8 Å². The van der Waals surface area contributed by atoms with Crippen molar-refractivity contribution >= 4 is 5.91 Å². The number of benzene rings is 2. The van der Waals surface area contributed by atoms with Crippen LogP contribution in [-0.2, 0) is 4.79 Å². The van der Waals surface area contributed by atoms with Gasteiger partial charge in [0.05, 0.1) is 13.7 Å². The molecule has 0 aliphatic rings. The molecule has 26 heavy (non-hydrogen) atoms. The molecule has 0 aliphatic heterocycles. The van der Waals surface area contributed by atoms with Crippen LogP contribution < -0.4 is 19.5 Å². The Balaban J connectivity index is 1.84. The number of ether oxygens (including phenoxy) is 3. The van der Waals surface area contributed by atoms with Crippen LogP contribution in [-0.4, -0.2) is 32.3 Å². The number of carbonyl (C=O) groups is 1. The minimum atomic E-state index is -0.577. The van der Waals surface area contributed by atoms with Crippen molar-refractivity contribution in [3.05, 3.63) is 53.6 Å². The standard InChI is InChI=1S/C21H27NO4/c1-5-17(26-20-11-7-6-10-19(20)24-4)21(23)22-13-14-25-18-12-8-9-15(2)16(18)3/h6-12,17H,5,13-14H2,1-4H3,(H,22,23)/t17-/m0/s1. The number of carbonyl (C=O) groups excluding carboxylic acids is 1. The Labute approximate surface area is 155 Å². The van der Waals surface area contributed by atoms with Gasteiger partial charge in [-0.25, -0.2) is 0 Å². The number of hydrogen-bond donors (Lipinski definition) is 1. The Hall–Kier alpha value is -2.69. The van der Waals surface area contributed by atoms with E-state index in [9.17, 15) is 4.79 Å². The summed E-state index contributed by atoms with van der Waals surface area (Å²) < 4.78 is 16.8. The van der Waals surface area contributed by atoms with Gasteiger partial charge in [0.2, 0.25) is 0 Å². The molecular formula is C21H27NO4. The predicted molar refractivity (Wildman–Crippen MR) is 102 cm³/mol. The lowest BCUT2D eigenvalue weighted by molar-refractivity contribution is -0.128. The quantitative estimate of drug-likeness (QED) is 0.696. The molecule has 140 valence electrons. The van der Waals surface area contributed by atoms with E-state index in [0.29, 0.717) is 31.1 Å². The molecule has 0 saturated heterocycles. The number of nitrogens with one attached hydrogen (secondary N) is 1. The van der Waals surface area contributed by atoms with Crippen LogP contribution in [0.4, 0.5) is 0 Å². The van der Waals surface area contributed by atoms with E-state index in [1.165, 1.54) is 5.56 Å². The summed E-state index contributed by atoms with van der Waals surface area (Å²) in [6.07, 6.45) is -0.0196. The smallest absolute Gasteiger partial charge is 0.261 e. The highest BCUT2D eigenvalue weighted by Gasteiger charge is 2.19. The van der Waals surface area contributed by atoms with Crippen LogP contribution in [0.5, 0.6) is 17.2 Å². The first kappa shape index (κ1) is 19.6. The lowest BCUT2D eigenvalue weighted by Gasteiger charge is -2.19. The maximum absolute atomic E-state index is 12.4. The van der Waals surface area contributed by atoms with Crippen LogP contribution in [0.25, 0.3) is 0 Å². The molecule has 2 rings (SSSR count). The van der Waals surface area contributed by atoms with Crippen LogP contribution in [0, 0.1) is 13.8 Å². The summed E-state index contributed by atoms with van der Waals surface area (Å²) in [7, 11) is 1.58. The zero-order chi connectivity index (χ0) is 18.9. The predicted octanol–water partition coefficient (Wildman–Crippen LogP) is 3.66. The summed E-state index contributed by atoms with van der Waals surface area (Å²) in [5.41, 5.74) is 2.30. The van der Waals surface area contributed by atoms with Crippen molar-refractivity contribution in [1.29, 1.82) is 0 Å². The molecule has 5 nitrogen and oxygen atoms in total. The van der Waals surface area contributed by atoms with Crippen LogP contribution in [0.3, 0.4) is 0 Å². The van der Waals surface area contributed by atoms with Gasteiger partial charge in [0.25, 0.3) is 5.91 Å². The van der Waals surface area contributed by atoms with E-state index in [4.69, 9.17) is 14.2 Å². The van der Waals surface area contributed by atoms with Crippen LogP contribution in [0.1, 0.15) is 24.5 Å². The van der Waals surface area contributed by atoms with E-state index in [2.05, 4.69) is 5.32 Å². The molecule has 0 unspecified atom stereocenters. The van der Waals surface area contributed by atoms with Gasteiger partial charge in [-0.3, -0.25) is 4.79 Å². The normalized spacial score (nSPS) is 11.5. The largest absolute Gasteiger partial charge is 0.493 e. The monoisotopic (exact) mass is 357 g/mol. The highest BCUT2D eigenvalue weighted by Crippen LogP contribution is 2.27. The fourth-order valence-electron chi connectivity index (χ4n) is 2.52. The molecule has 0 aliphatic carbocycles. The van der Waals surface area contributed by atoms with Crippen molar-refractivity contribution in [3.63, 3.8) is 0 Å². The second kappa shape index (κ2) is 9.70. The first-order valence-corrected chi connectivity index (χ1v) is 8.83. The number of rotatable bonds is 9. The van der Waals surface area contributed by atoms with Gasteiger partial charge in [-0.2, -0.15) is 0 Å². The first-order chi connectivity index (χ1) is 12.6. The molecule has 2 aromatic carbocycles. The zero-order valence-electron chi connectivity index (χ0n) is 15.9. The summed E-state index contributed by atoms with van der Waals surface area (Å²) in [6, 6.07) is 13.2. The van der Waals surface area contributed by atoms with Crippen molar-refractivity contribution < 1.29 is 19.0 Å². The van der Waals surface area contributed by atoms with E-state index < -0.39 is 6.10 Å². The van der Waals surface area contributed by atoms with E-state index >= 15 is 0 Å². The molecular weight excluding hydrogens is 330 g/mol. The Morgan fingerprint density at radius 2 is 1.73 bits per heavy atom. The maximum Gasteiger partial charge on any atom is 0.261 e. The van der Waals surface area contributed by atoms with E-state index in [1.807, 2.05) is 51.1 Å². The van der Waals surface area contributed by atoms with Gasteiger partial charge in [0.1, 0.15) is 12.4 Å². The maximum atomic E-state index is 12.4. The van der Waals surface area contributed by atoms with E-state index in [-0.39, 0.29) is 5.91 Å². The Morgan fingerprint density at radius 1 is 1.04 bits per heavy atom. The Morgan fingerprint density at radius 3 is 2.42 bits per heavy atom. The van der Waals surface area contributed by atoms with Crippen molar-refractivity contribution in [1.82, 2.24) is 5.32 Å². The van der Waals surface area contributed by atoms with Gasteiger partial charge < -0.3 is 19.5 Å². The zero-order valence-corrected chi connectivity index (χ0v) is 15.9. The third-order valence-electron chi connectivity index (χ3n) is 4.22. The van der Waals surface area contributed by atoms with Crippen molar-refractivity contribution in [2.75, 3.05) is 20.3 Å². The van der Waals surface area contributed by atoms with Crippen LogP contribution in [0.2, 0.25) is 0 Å². The molecule has 0 radical (unpaired) electrons. The summed E-state index contributed by atoms with van der Waals surface area (Å²) in [4.78, 5) is 12.4. The molecule has 1 atom stereocenters. The average molecular weight is 357 g/mol. The molecule has 0 fully saturated rings. The van der Waals surface area contributed by atoms with Gasteiger partial charge >= 0.3 is 0 Å². The molecule has 0 spiro atoms. The average Bonchev–Trinajstić information content (AvgIpc) is 2.66. The van der Waals surface area contributed by atoms with E-state index in [0.717, 1.165) is 11.3 Å². The third-order valence-corrected chi connectivity index (χ3v) is 4.22. The highest BCUT2D eigenvalue weighted by molar-refractivity contribution is 5.81. The van der Waals surface area contributed by atoms with Crippen LogP contribution >= 0.6 is 0 Å². The number of aryl methyl sites for hydroxylation is 1. The molecule has 2 aromatic rings. The van der Waals surface area contributed by atoms with Crippen LogP contribution in [0.15, 0.2) is 42.5 Å². The molecule has 0 bridgehead atoms. The summed E-state index contributed by atoms with van der Waals surface area (Å²) in [5.74, 6) is 1.85. The minimum Gasteiger partial charge on any atom is -0.493 e. The van der Waals surface area contributed by atoms with Gasteiger partial charge in [-0.05, 0) is 49.6 Å². The fraction of sp³-hybridized carbons (Fsp3) is 0.381. The Bertz CT molecular complexity index is 730. The lowest BCUT2D eigenvalue weighted by atomic mass is 10.1. The molecule has 1 N–H and O–H groups in total. The van der Waals surface area contributed by atoms with Crippen molar-refractivity contribution in [2.45, 2.75) is 33.3 Å². The Kier molecular flexibility index (Phi) is 7.33. The highest BCUT2D eigenvalue weighted by atomic mass is 16.5. The second-order valence-electron chi connectivity index (χ2n) is 6.00. The minimum absolute atomic E-state index is 0.164. The van der Waals surface area contributed by atoms with Crippen molar-refractivity contribution in [2.24, 2.45) is 0 Å².